The minimum Gasteiger partial charge on any atom is -0.455 e. The summed E-state index contributed by atoms with van der Waals surface area (Å²) in [4.78, 5) is 16.1. The molecule has 0 spiro atoms. The predicted octanol–water partition coefficient (Wildman–Crippen LogP) is 0.951. The third-order valence-electron chi connectivity index (χ3n) is 2.36. The second kappa shape index (κ2) is 4.03. The number of hydrogen-bond acceptors (Lipinski definition) is 5. The van der Waals surface area contributed by atoms with Gasteiger partial charge in [-0.2, -0.15) is 0 Å². The molecule has 0 aliphatic carbocycles. The van der Waals surface area contributed by atoms with Crippen molar-refractivity contribution in [2.75, 3.05) is 12.3 Å². The Kier molecular flexibility index (Phi) is 2.82. The Hall–Kier alpha value is -1.56. The van der Waals surface area contributed by atoms with Crippen LogP contribution < -0.4 is 5.73 Å². The number of nitrogens with two attached hydrogens (primary N) is 1. The van der Waals surface area contributed by atoms with E-state index in [4.69, 9.17) is 15.2 Å². The Bertz CT molecular complexity index is 446. The maximum Gasteiger partial charge on any atom is 0.359 e. The fraction of sp³-hybridized carbons (Fsp3) is 0.636. The van der Waals surface area contributed by atoms with Crippen molar-refractivity contribution in [1.29, 1.82) is 0 Å². The van der Waals surface area contributed by atoms with E-state index in [-0.39, 0.29) is 5.82 Å². The van der Waals surface area contributed by atoms with E-state index in [0.29, 0.717) is 31.3 Å². The maximum atomic E-state index is 12.0. The van der Waals surface area contributed by atoms with Gasteiger partial charge >= 0.3 is 5.97 Å². The molecular formula is C11H17N3O3. The van der Waals surface area contributed by atoms with E-state index in [2.05, 4.69) is 4.98 Å². The Morgan fingerprint density at radius 2 is 2.24 bits per heavy atom. The Balaban J connectivity index is 2.32. The zero-order chi connectivity index (χ0) is 12.6. The fourth-order valence-electron chi connectivity index (χ4n) is 1.73. The van der Waals surface area contributed by atoms with E-state index in [0.717, 1.165) is 0 Å². The summed E-state index contributed by atoms with van der Waals surface area (Å²) in [6, 6.07) is 0. The van der Waals surface area contributed by atoms with Gasteiger partial charge in [-0.15, -0.1) is 0 Å². The average Bonchev–Trinajstić information content (AvgIpc) is 2.50. The predicted molar refractivity (Wildman–Crippen MR) is 61.5 cm³/mol. The number of rotatable bonds is 1. The van der Waals surface area contributed by atoms with Gasteiger partial charge in [0.15, 0.2) is 11.5 Å². The molecule has 94 valence electrons. The summed E-state index contributed by atoms with van der Waals surface area (Å²) in [5, 5.41) is 0. The van der Waals surface area contributed by atoms with Crippen molar-refractivity contribution in [3.05, 3.63) is 11.5 Å². The summed E-state index contributed by atoms with van der Waals surface area (Å²) in [6.45, 7) is 6.97. The molecule has 1 aliphatic rings. The van der Waals surface area contributed by atoms with Crippen LogP contribution in [0.4, 0.5) is 5.82 Å². The summed E-state index contributed by atoms with van der Waals surface area (Å²) in [7, 11) is 0. The monoisotopic (exact) mass is 239 g/mol. The highest BCUT2D eigenvalue weighted by Crippen LogP contribution is 2.21. The summed E-state index contributed by atoms with van der Waals surface area (Å²) in [5.74, 6) is 0.449. The van der Waals surface area contributed by atoms with Crippen molar-refractivity contribution in [2.24, 2.45) is 0 Å². The van der Waals surface area contributed by atoms with E-state index in [9.17, 15) is 4.79 Å². The highest BCUT2D eigenvalue weighted by Gasteiger charge is 2.27. The van der Waals surface area contributed by atoms with Crippen LogP contribution in [0.2, 0.25) is 0 Å². The van der Waals surface area contributed by atoms with Crippen molar-refractivity contribution in [3.8, 4) is 0 Å². The van der Waals surface area contributed by atoms with E-state index in [1.54, 1.807) is 4.57 Å². The smallest absolute Gasteiger partial charge is 0.359 e. The number of carbonyl (C=O) groups excluding carboxylic acids is 1. The molecule has 1 aromatic rings. The molecule has 0 saturated heterocycles. The second-order valence-electron chi connectivity index (χ2n) is 4.97. The Labute approximate surface area is 99.7 Å². The summed E-state index contributed by atoms with van der Waals surface area (Å²) < 4.78 is 12.3. The number of nitrogen functional groups attached to an aromatic ring is 1. The fourth-order valence-corrected chi connectivity index (χ4v) is 1.73. The molecule has 0 bridgehead atoms. The van der Waals surface area contributed by atoms with Crippen molar-refractivity contribution in [3.63, 3.8) is 0 Å². The van der Waals surface area contributed by atoms with E-state index in [1.807, 2.05) is 20.8 Å². The van der Waals surface area contributed by atoms with Crippen LogP contribution in [0.25, 0.3) is 0 Å². The molecule has 6 nitrogen and oxygen atoms in total. The number of fused-ring (bicyclic) bond motifs is 1. The molecule has 0 saturated carbocycles. The van der Waals surface area contributed by atoms with Crippen LogP contribution in [-0.2, 0) is 22.6 Å². The molecule has 17 heavy (non-hydrogen) atoms. The number of esters is 1. The third-order valence-corrected chi connectivity index (χ3v) is 2.36. The van der Waals surface area contributed by atoms with Gasteiger partial charge in [0.2, 0.25) is 0 Å². The largest absolute Gasteiger partial charge is 0.455 e. The van der Waals surface area contributed by atoms with Gasteiger partial charge in [-0.3, -0.25) is 0 Å². The molecule has 2 N–H and O–H groups in total. The number of aromatic nitrogens is 2. The second-order valence-corrected chi connectivity index (χ2v) is 4.97. The van der Waals surface area contributed by atoms with E-state index in [1.165, 1.54) is 0 Å². The van der Waals surface area contributed by atoms with Gasteiger partial charge in [-0.25, -0.2) is 9.78 Å². The number of ether oxygens (including phenoxy) is 2. The van der Waals surface area contributed by atoms with Crippen LogP contribution in [-0.4, -0.2) is 27.7 Å². The van der Waals surface area contributed by atoms with Crippen LogP contribution in [0, 0.1) is 0 Å². The molecule has 2 rings (SSSR count). The van der Waals surface area contributed by atoms with Crippen molar-refractivity contribution in [1.82, 2.24) is 9.55 Å². The van der Waals surface area contributed by atoms with Crippen molar-refractivity contribution >= 4 is 11.8 Å². The SMILES string of the molecule is CC(C)(C)OC(=O)c1c(N)nc2n1CCOC2. The van der Waals surface area contributed by atoms with Gasteiger partial charge in [0.1, 0.15) is 18.0 Å². The van der Waals surface area contributed by atoms with Crippen LogP contribution in [0.5, 0.6) is 0 Å². The normalized spacial score (nSPS) is 15.5. The van der Waals surface area contributed by atoms with Gasteiger partial charge in [0.05, 0.1) is 6.61 Å². The molecule has 0 radical (unpaired) electrons. The van der Waals surface area contributed by atoms with Gasteiger partial charge in [0.25, 0.3) is 0 Å². The average molecular weight is 239 g/mol. The lowest BCUT2D eigenvalue weighted by molar-refractivity contribution is 0.00502. The van der Waals surface area contributed by atoms with Crippen molar-refractivity contribution in [2.45, 2.75) is 39.5 Å². The first-order chi connectivity index (χ1) is 7.88. The molecule has 0 unspecified atom stereocenters. The lowest BCUT2D eigenvalue weighted by Crippen LogP contribution is -2.27. The number of imidazole rings is 1. The molecule has 0 aromatic carbocycles. The maximum absolute atomic E-state index is 12.0. The summed E-state index contributed by atoms with van der Waals surface area (Å²) in [5.41, 5.74) is 5.54. The van der Waals surface area contributed by atoms with E-state index < -0.39 is 11.6 Å². The third kappa shape index (κ3) is 2.41. The molecule has 0 atom stereocenters. The lowest BCUT2D eigenvalue weighted by atomic mass is 10.2. The lowest BCUT2D eigenvalue weighted by Gasteiger charge is -2.21. The van der Waals surface area contributed by atoms with Crippen LogP contribution in [0.3, 0.4) is 0 Å². The summed E-state index contributed by atoms with van der Waals surface area (Å²) in [6.07, 6.45) is 0. The molecular weight excluding hydrogens is 222 g/mol. The zero-order valence-electron chi connectivity index (χ0n) is 10.3. The van der Waals surface area contributed by atoms with Crippen LogP contribution in [0.15, 0.2) is 0 Å². The minimum absolute atomic E-state index is 0.208. The van der Waals surface area contributed by atoms with Gasteiger partial charge < -0.3 is 19.8 Å². The first-order valence-electron chi connectivity index (χ1n) is 5.54. The van der Waals surface area contributed by atoms with Gasteiger partial charge in [0, 0.05) is 6.54 Å². The minimum atomic E-state index is -0.542. The van der Waals surface area contributed by atoms with Crippen LogP contribution in [0.1, 0.15) is 37.1 Å². The van der Waals surface area contributed by atoms with Crippen LogP contribution >= 0.6 is 0 Å². The molecule has 2 heterocycles. The molecule has 0 fully saturated rings. The Morgan fingerprint density at radius 3 is 2.88 bits per heavy atom. The quantitative estimate of drug-likeness (QED) is 0.738. The van der Waals surface area contributed by atoms with E-state index >= 15 is 0 Å². The summed E-state index contributed by atoms with van der Waals surface area (Å²) >= 11 is 0. The highest BCUT2D eigenvalue weighted by molar-refractivity contribution is 5.92. The zero-order valence-corrected chi connectivity index (χ0v) is 10.3. The standard InChI is InChI=1S/C11H17N3O3/c1-11(2,3)17-10(15)8-9(12)13-7-6-16-5-4-14(7)8/h4-6,12H2,1-3H3. The Morgan fingerprint density at radius 1 is 1.53 bits per heavy atom. The first kappa shape index (κ1) is 11.9. The number of anilines is 1. The van der Waals surface area contributed by atoms with Crippen molar-refractivity contribution < 1.29 is 14.3 Å². The number of carbonyl (C=O) groups is 1. The first-order valence-corrected chi connectivity index (χ1v) is 5.54. The van der Waals surface area contributed by atoms with Gasteiger partial charge in [-0.05, 0) is 20.8 Å². The highest BCUT2D eigenvalue weighted by atomic mass is 16.6. The molecule has 1 aromatic heterocycles. The molecule has 6 heteroatoms. The molecule has 1 aliphatic heterocycles. The number of nitrogens with zero attached hydrogens (tertiary/aromatic N) is 2. The molecule has 0 amide bonds. The van der Waals surface area contributed by atoms with Gasteiger partial charge in [-0.1, -0.05) is 0 Å². The number of hydrogen-bond donors (Lipinski definition) is 1. The topological polar surface area (TPSA) is 79.4 Å².